The molecule has 0 amide bonds. The molecular formula is C64H39N3O2. The summed E-state index contributed by atoms with van der Waals surface area (Å²) in [6.45, 7) is 0. The highest BCUT2D eigenvalue weighted by atomic mass is 16.3. The summed E-state index contributed by atoms with van der Waals surface area (Å²) in [6.07, 6.45) is 0. The van der Waals surface area contributed by atoms with E-state index in [4.69, 9.17) is 23.8 Å². The van der Waals surface area contributed by atoms with E-state index in [-0.39, 0.29) is 0 Å². The maximum absolute atomic E-state index is 6.59. The summed E-state index contributed by atoms with van der Waals surface area (Å²) in [7, 11) is 0. The number of rotatable bonds is 7. The van der Waals surface area contributed by atoms with Crippen molar-refractivity contribution in [2.45, 2.75) is 5.41 Å². The van der Waals surface area contributed by atoms with E-state index in [2.05, 4.69) is 200 Å². The first kappa shape index (κ1) is 39.0. The van der Waals surface area contributed by atoms with Crippen molar-refractivity contribution in [1.29, 1.82) is 0 Å². The van der Waals surface area contributed by atoms with Crippen molar-refractivity contribution in [3.05, 3.63) is 259 Å². The lowest BCUT2D eigenvalue weighted by atomic mass is 9.67. The first-order chi connectivity index (χ1) is 34.2. The minimum Gasteiger partial charge on any atom is -0.456 e. The van der Waals surface area contributed by atoms with Gasteiger partial charge in [-0.2, -0.15) is 0 Å². The van der Waals surface area contributed by atoms with Gasteiger partial charge in [0.05, 0.1) is 5.41 Å². The second-order valence-corrected chi connectivity index (χ2v) is 17.8. The molecule has 3 heterocycles. The van der Waals surface area contributed by atoms with E-state index < -0.39 is 5.41 Å². The van der Waals surface area contributed by atoms with E-state index in [1.165, 1.54) is 33.4 Å². The molecule has 5 nitrogen and oxygen atoms in total. The maximum Gasteiger partial charge on any atom is 0.164 e. The Morgan fingerprint density at radius 1 is 0.275 bits per heavy atom. The third kappa shape index (κ3) is 6.14. The highest BCUT2D eigenvalue weighted by Gasteiger charge is 2.46. The van der Waals surface area contributed by atoms with Crippen LogP contribution in [0, 0.1) is 0 Å². The summed E-state index contributed by atoms with van der Waals surface area (Å²) in [5.74, 6) is 1.75. The Kier molecular flexibility index (Phi) is 8.73. The maximum atomic E-state index is 6.59. The predicted molar refractivity (Wildman–Crippen MR) is 279 cm³/mol. The highest BCUT2D eigenvalue weighted by molar-refractivity contribution is 6.13. The Morgan fingerprint density at radius 2 is 0.783 bits per heavy atom. The SMILES string of the molecule is c1ccc(-c2ccc3oc4cc(-c5ccc6oc7cccc(-c8nc(-c9ccccc9)nc(-c9cccc(C%10(c%11ccccc%11)c%11ccccc%11-c%11ccccc%11%10)c9)n8)c7c6c5)ccc4c3c2)cc1. The Labute approximate surface area is 397 Å². The van der Waals surface area contributed by atoms with Crippen LogP contribution in [0.2, 0.25) is 0 Å². The summed E-state index contributed by atoms with van der Waals surface area (Å²) >= 11 is 0. The van der Waals surface area contributed by atoms with Crippen molar-refractivity contribution in [1.82, 2.24) is 15.0 Å². The van der Waals surface area contributed by atoms with Gasteiger partial charge >= 0.3 is 0 Å². The molecule has 322 valence electrons. The van der Waals surface area contributed by atoms with Gasteiger partial charge in [0.15, 0.2) is 17.5 Å². The molecule has 0 saturated carbocycles. The van der Waals surface area contributed by atoms with Crippen molar-refractivity contribution in [2.75, 3.05) is 0 Å². The fourth-order valence-electron chi connectivity index (χ4n) is 10.9. The molecule has 1 aliphatic carbocycles. The zero-order chi connectivity index (χ0) is 45.5. The minimum absolute atomic E-state index is 0.566. The Balaban J connectivity index is 0.922. The van der Waals surface area contributed by atoms with Crippen LogP contribution in [0.15, 0.2) is 245 Å². The van der Waals surface area contributed by atoms with Gasteiger partial charge in [-0.1, -0.05) is 188 Å². The van der Waals surface area contributed by atoms with Crippen LogP contribution in [0.25, 0.3) is 111 Å². The van der Waals surface area contributed by atoms with E-state index in [0.29, 0.717) is 17.5 Å². The number of benzene rings is 10. The lowest BCUT2D eigenvalue weighted by Crippen LogP contribution is -2.28. The molecule has 13 aromatic rings. The number of fused-ring (bicyclic) bond motifs is 9. The van der Waals surface area contributed by atoms with Gasteiger partial charge < -0.3 is 8.83 Å². The van der Waals surface area contributed by atoms with Gasteiger partial charge in [0.2, 0.25) is 0 Å². The van der Waals surface area contributed by atoms with E-state index in [0.717, 1.165) is 82.8 Å². The standard InChI is InChI=1S/C64H39N3O2/c1-4-16-40(17-5-1)42-31-34-56-52(37-42)50-33-30-44(39-59(50)69-56)43-32-35-57-53(38-43)60-51(26-15-29-58(60)68-57)63-66-61(41-18-6-2-7-19-41)65-62(67-63)45-20-14-23-47(36-45)64(46-21-8-3-9-22-46)54-27-12-10-24-48(54)49-25-11-13-28-55(49)64/h1-39H. The molecule has 10 aromatic carbocycles. The van der Waals surface area contributed by atoms with Crippen molar-refractivity contribution in [3.63, 3.8) is 0 Å². The van der Waals surface area contributed by atoms with Crippen LogP contribution in [0.3, 0.4) is 0 Å². The lowest BCUT2D eigenvalue weighted by Gasteiger charge is -2.34. The smallest absolute Gasteiger partial charge is 0.164 e. The first-order valence-electron chi connectivity index (χ1n) is 23.3. The number of nitrogens with zero attached hydrogens (tertiary/aromatic N) is 3. The molecule has 0 unspecified atom stereocenters. The molecule has 0 radical (unpaired) electrons. The van der Waals surface area contributed by atoms with Crippen molar-refractivity contribution < 1.29 is 8.83 Å². The van der Waals surface area contributed by atoms with Gasteiger partial charge in [0, 0.05) is 38.2 Å². The van der Waals surface area contributed by atoms with Crippen molar-refractivity contribution in [3.8, 4) is 67.5 Å². The normalized spacial score (nSPS) is 12.8. The molecule has 0 bridgehead atoms. The van der Waals surface area contributed by atoms with E-state index in [9.17, 15) is 0 Å². The van der Waals surface area contributed by atoms with Crippen LogP contribution in [0.5, 0.6) is 0 Å². The fraction of sp³-hybridized carbons (Fsp3) is 0.0156. The average Bonchev–Trinajstić information content (AvgIpc) is 4.09. The zero-order valence-electron chi connectivity index (χ0n) is 37.2. The van der Waals surface area contributed by atoms with Gasteiger partial charge in [-0.15, -0.1) is 0 Å². The molecule has 1 aliphatic rings. The summed E-state index contributed by atoms with van der Waals surface area (Å²) in [5, 5.41) is 4.10. The van der Waals surface area contributed by atoms with Gasteiger partial charge in [-0.05, 0) is 104 Å². The lowest BCUT2D eigenvalue weighted by molar-refractivity contribution is 0.669. The number of hydrogen-bond donors (Lipinski definition) is 0. The molecule has 14 rings (SSSR count). The molecule has 0 atom stereocenters. The first-order valence-corrected chi connectivity index (χ1v) is 23.3. The zero-order valence-corrected chi connectivity index (χ0v) is 37.2. The van der Waals surface area contributed by atoms with Crippen LogP contribution >= 0.6 is 0 Å². The molecule has 0 fully saturated rings. The van der Waals surface area contributed by atoms with Crippen LogP contribution in [-0.2, 0) is 5.41 Å². The largest absolute Gasteiger partial charge is 0.456 e. The van der Waals surface area contributed by atoms with Gasteiger partial charge in [-0.3, -0.25) is 0 Å². The highest BCUT2D eigenvalue weighted by Crippen LogP contribution is 2.56. The van der Waals surface area contributed by atoms with Crippen LogP contribution < -0.4 is 0 Å². The monoisotopic (exact) mass is 881 g/mol. The summed E-state index contributed by atoms with van der Waals surface area (Å²) in [5.41, 5.74) is 17.1. The average molecular weight is 882 g/mol. The molecule has 0 N–H and O–H groups in total. The van der Waals surface area contributed by atoms with Gasteiger partial charge in [-0.25, -0.2) is 15.0 Å². The second-order valence-electron chi connectivity index (χ2n) is 17.8. The van der Waals surface area contributed by atoms with Gasteiger partial charge in [0.25, 0.3) is 0 Å². The molecule has 69 heavy (non-hydrogen) atoms. The molecule has 5 heteroatoms. The quantitative estimate of drug-likeness (QED) is 0.160. The van der Waals surface area contributed by atoms with E-state index >= 15 is 0 Å². The van der Waals surface area contributed by atoms with Crippen molar-refractivity contribution in [2.24, 2.45) is 0 Å². The van der Waals surface area contributed by atoms with Crippen LogP contribution in [0.4, 0.5) is 0 Å². The summed E-state index contributed by atoms with van der Waals surface area (Å²) in [4.78, 5) is 15.9. The molecular weight excluding hydrogens is 843 g/mol. The predicted octanol–water partition coefficient (Wildman–Crippen LogP) is 16.4. The third-order valence-corrected chi connectivity index (χ3v) is 14.0. The Morgan fingerprint density at radius 3 is 1.52 bits per heavy atom. The number of hydrogen-bond acceptors (Lipinski definition) is 5. The Hall–Kier alpha value is -9.19. The topological polar surface area (TPSA) is 65.0 Å². The molecule has 0 aliphatic heterocycles. The number of furan rings is 2. The molecule has 0 saturated heterocycles. The van der Waals surface area contributed by atoms with Crippen molar-refractivity contribution >= 4 is 43.9 Å². The molecule has 3 aromatic heterocycles. The number of aromatic nitrogens is 3. The second kappa shape index (κ2) is 15.4. The van der Waals surface area contributed by atoms with Crippen LogP contribution in [-0.4, -0.2) is 15.0 Å². The van der Waals surface area contributed by atoms with E-state index in [1.807, 2.05) is 36.4 Å². The summed E-state index contributed by atoms with van der Waals surface area (Å²) in [6, 6.07) is 83.4. The summed E-state index contributed by atoms with van der Waals surface area (Å²) < 4.78 is 13.1. The van der Waals surface area contributed by atoms with Gasteiger partial charge in [0.1, 0.15) is 22.3 Å². The fourth-order valence-corrected chi connectivity index (χ4v) is 10.9. The minimum atomic E-state index is -0.567. The third-order valence-electron chi connectivity index (χ3n) is 14.0. The Bertz CT molecular complexity index is 4090. The van der Waals surface area contributed by atoms with Crippen LogP contribution in [0.1, 0.15) is 22.3 Å². The molecule has 0 spiro atoms. The van der Waals surface area contributed by atoms with E-state index in [1.54, 1.807) is 0 Å².